The van der Waals surface area contributed by atoms with Crippen LogP contribution in [-0.2, 0) is 16.0 Å². The molecule has 1 atom stereocenters. The lowest BCUT2D eigenvalue weighted by atomic mass is 10.1. The van der Waals surface area contributed by atoms with E-state index in [1.54, 1.807) is 11.0 Å². The highest BCUT2D eigenvalue weighted by atomic mass is 19.1. The van der Waals surface area contributed by atoms with Crippen LogP contribution in [0, 0.1) is 17.6 Å². The number of nitrogens with one attached hydrogen (secondary N) is 1. The maximum Gasteiger partial charge on any atom is 0.251 e. The number of halogens is 2. The van der Waals surface area contributed by atoms with Crippen molar-refractivity contribution in [2.75, 3.05) is 32.6 Å². The molecule has 0 bridgehead atoms. The number of methoxy groups -OCH3 is 2. The average Bonchev–Trinajstić information content (AvgIpc) is 3.14. The molecule has 1 fully saturated rings. The first-order chi connectivity index (χ1) is 15.2. The third kappa shape index (κ3) is 4.96. The third-order valence-corrected chi connectivity index (χ3v) is 5.28. The maximum absolute atomic E-state index is 14.0. The van der Waals surface area contributed by atoms with E-state index < -0.39 is 34.9 Å². The maximum atomic E-state index is 14.0. The molecular formula is C22H23F2N3O5. The van der Waals surface area contributed by atoms with Crippen LogP contribution < -0.4 is 20.5 Å². The van der Waals surface area contributed by atoms with Crippen LogP contribution in [0.25, 0.3) is 0 Å². The largest absolute Gasteiger partial charge is 0.493 e. The fourth-order valence-electron chi connectivity index (χ4n) is 3.53. The van der Waals surface area contributed by atoms with E-state index in [2.05, 4.69) is 5.32 Å². The summed E-state index contributed by atoms with van der Waals surface area (Å²) in [5, 5.41) is 2.32. The lowest BCUT2D eigenvalue weighted by Gasteiger charge is -2.17. The van der Waals surface area contributed by atoms with E-state index in [4.69, 9.17) is 15.2 Å². The fraction of sp³-hybridized carbons (Fsp3) is 0.318. The van der Waals surface area contributed by atoms with Crippen LogP contribution in [0.5, 0.6) is 11.5 Å². The molecule has 1 heterocycles. The Kier molecular flexibility index (Phi) is 6.92. The number of hydrogen-bond acceptors (Lipinski definition) is 5. The van der Waals surface area contributed by atoms with Crippen molar-refractivity contribution in [3.63, 3.8) is 0 Å². The monoisotopic (exact) mass is 447 g/mol. The number of carbonyl (C=O) groups is 3. The van der Waals surface area contributed by atoms with Crippen LogP contribution in [0.2, 0.25) is 0 Å². The molecule has 0 saturated carbocycles. The van der Waals surface area contributed by atoms with E-state index in [-0.39, 0.29) is 24.6 Å². The van der Waals surface area contributed by atoms with Crippen LogP contribution in [0.4, 0.5) is 14.5 Å². The first-order valence-corrected chi connectivity index (χ1v) is 9.81. The normalized spacial score (nSPS) is 15.6. The highest BCUT2D eigenvalue weighted by molar-refractivity contribution is 5.99. The minimum Gasteiger partial charge on any atom is -0.493 e. The van der Waals surface area contributed by atoms with Gasteiger partial charge in [-0.25, -0.2) is 8.78 Å². The Labute approximate surface area is 183 Å². The fourth-order valence-corrected chi connectivity index (χ4v) is 3.53. The molecule has 3 N–H and O–H groups in total. The summed E-state index contributed by atoms with van der Waals surface area (Å²) in [6.07, 6.45) is 0.498. The van der Waals surface area contributed by atoms with E-state index in [0.29, 0.717) is 30.5 Å². The summed E-state index contributed by atoms with van der Waals surface area (Å²) >= 11 is 0. The number of hydrogen-bond donors (Lipinski definition) is 2. The van der Waals surface area contributed by atoms with E-state index in [9.17, 15) is 23.2 Å². The van der Waals surface area contributed by atoms with Crippen molar-refractivity contribution in [2.45, 2.75) is 12.8 Å². The quantitative estimate of drug-likeness (QED) is 0.644. The molecule has 3 rings (SSSR count). The van der Waals surface area contributed by atoms with Gasteiger partial charge in [0.25, 0.3) is 5.91 Å². The number of nitrogens with two attached hydrogens (primary N) is 1. The second kappa shape index (κ2) is 9.63. The lowest BCUT2D eigenvalue weighted by Crippen LogP contribution is -2.30. The predicted molar refractivity (Wildman–Crippen MR) is 111 cm³/mol. The average molecular weight is 447 g/mol. The predicted octanol–water partition coefficient (Wildman–Crippen LogP) is 2.11. The summed E-state index contributed by atoms with van der Waals surface area (Å²) in [4.78, 5) is 37.7. The Morgan fingerprint density at radius 3 is 2.50 bits per heavy atom. The van der Waals surface area contributed by atoms with Crippen LogP contribution in [-0.4, -0.2) is 49.9 Å². The Balaban J connectivity index is 1.63. The van der Waals surface area contributed by atoms with Crippen molar-refractivity contribution < 1.29 is 32.6 Å². The zero-order valence-electron chi connectivity index (χ0n) is 17.6. The van der Waals surface area contributed by atoms with Crippen molar-refractivity contribution >= 4 is 23.4 Å². The van der Waals surface area contributed by atoms with E-state index in [1.165, 1.54) is 14.2 Å². The SMILES string of the molecule is COc1ccc(CCN2CC(C(=O)Nc3cc(C(N)=O)c(F)cc3F)CC2=O)cc1OC. The van der Waals surface area contributed by atoms with Gasteiger partial charge < -0.3 is 25.4 Å². The molecule has 32 heavy (non-hydrogen) atoms. The molecule has 2 aromatic carbocycles. The molecule has 0 aliphatic carbocycles. The first-order valence-electron chi connectivity index (χ1n) is 9.81. The smallest absolute Gasteiger partial charge is 0.251 e. The van der Waals surface area contributed by atoms with Gasteiger partial charge in [-0.1, -0.05) is 6.07 Å². The standard InChI is InChI=1S/C22H23F2N3O5/c1-31-18-4-3-12(7-19(18)32-2)5-6-27-11-13(8-20(27)28)22(30)26-17-9-14(21(25)29)15(23)10-16(17)24/h3-4,7,9-10,13H,5-6,8,11H2,1-2H3,(H2,25,29)(H,26,30). The third-order valence-electron chi connectivity index (χ3n) is 5.28. The molecule has 1 unspecified atom stereocenters. The number of ether oxygens (including phenoxy) is 2. The zero-order valence-corrected chi connectivity index (χ0v) is 17.6. The van der Waals surface area contributed by atoms with E-state index in [1.807, 2.05) is 12.1 Å². The van der Waals surface area contributed by atoms with Gasteiger partial charge in [-0.3, -0.25) is 14.4 Å². The Bertz CT molecular complexity index is 1060. The second-order valence-corrected chi connectivity index (χ2v) is 7.35. The van der Waals surface area contributed by atoms with Crippen molar-refractivity contribution in [2.24, 2.45) is 11.7 Å². The van der Waals surface area contributed by atoms with E-state index >= 15 is 0 Å². The van der Waals surface area contributed by atoms with Crippen molar-refractivity contribution in [1.29, 1.82) is 0 Å². The Morgan fingerprint density at radius 1 is 1.12 bits per heavy atom. The molecule has 10 heteroatoms. The van der Waals surface area contributed by atoms with Gasteiger partial charge in [0.1, 0.15) is 11.6 Å². The first kappa shape index (κ1) is 23.0. The second-order valence-electron chi connectivity index (χ2n) is 7.35. The van der Waals surface area contributed by atoms with Crippen LogP contribution in [0.1, 0.15) is 22.3 Å². The molecule has 2 aromatic rings. The van der Waals surface area contributed by atoms with Gasteiger partial charge in [-0.2, -0.15) is 0 Å². The van der Waals surface area contributed by atoms with Gasteiger partial charge in [-0.05, 0) is 30.2 Å². The lowest BCUT2D eigenvalue weighted by molar-refractivity contribution is -0.128. The van der Waals surface area contributed by atoms with Crippen molar-refractivity contribution in [3.8, 4) is 11.5 Å². The molecule has 0 aromatic heterocycles. The summed E-state index contributed by atoms with van der Waals surface area (Å²) in [5.41, 5.74) is 5.07. The van der Waals surface area contributed by atoms with Gasteiger partial charge >= 0.3 is 0 Å². The number of likely N-dealkylation sites (tertiary alicyclic amines) is 1. The summed E-state index contributed by atoms with van der Waals surface area (Å²) < 4.78 is 38.1. The summed E-state index contributed by atoms with van der Waals surface area (Å²) in [7, 11) is 3.07. The number of carbonyl (C=O) groups excluding carboxylic acids is 3. The molecule has 3 amide bonds. The van der Waals surface area contributed by atoms with Gasteiger partial charge in [0.15, 0.2) is 11.5 Å². The number of rotatable bonds is 8. The molecule has 170 valence electrons. The van der Waals surface area contributed by atoms with Crippen molar-refractivity contribution in [1.82, 2.24) is 4.90 Å². The molecule has 8 nitrogen and oxygen atoms in total. The molecule has 1 aliphatic rings. The zero-order chi connectivity index (χ0) is 23.4. The minimum atomic E-state index is -1.12. The molecule has 0 radical (unpaired) electrons. The van der Waals surface area contributed by atoms with Crippen molar-refractivity contribution in [3.05, 3.63) is 53.1 Å². The topological polar surface area (TPSA) is 111 Å². The minimum absolute atomic E-state index is 0.0384. The number of nitrogens with zero attached hydrogens (tertiary/aromatic N) is 1. The Morgan fingerprint density at radius 2 is 1.84 bits per heavy atom. The van der Waals surface area contributed by atoms with Crippen LogP contribution in [0.15, 0.2) is 30.3 Å². The van der Waals surface area contributed by atoms with Gasteiger partial charge in [0.2, 0.25) is 11.8 Å². The van der Waals surface area contributed by atoms with Crippen LogP contribution in [0.3, 0.4) is 0 Å². The van der Waals surface area contributed by atoms with E-state index in [0.717, 1.165) is 11.6 Å². The highest BCUT2D eigenvalue weighted by Gasteiger charge is 2.34. The summed E-state index contributed by atoms with van der Waals surface area (Å²) in [6.45, 7) is 0.540. The molecule has 1 aliphatic heterocycles. The number of anilines is 1. The van der Waals surface area contributed by atoms with Gasteiger partial charge in [0, 0.05) is 25.6 Å². The summed E-state index contributed by atoms with van der Waals surface area (Å²) in [6, 6.07) is 6.77. The van der Waals surface area contributed by atoms with Gasteiger partial charge in [0.05, 0.1) is 31.4 Å². The number of primary amides is 1. The van der Waals surface area contributed by atoms with Gasteiger partial charge in [-0.15, -0.1) is 0 Å². The molecule has 0 spiro atoms. The summed E-state index contributed by atoms with van der Waals surface area (Å²) in [5.74, 6) is -3.61. The molecular weight excluding hydrogens is 424 g/mol. The highest BCUT2D eigenvalue weighted by Crippen LogP contribution is 2.28. The Hall–Kier alpha value is -3.69. The molecule has 1 saturated heterocycles. The number of benzene rings is 2. The van der Waals surface area contributed by atoms with Crippen LogP contribution >= 0.6 is 0 Å². The number of amides is 3.